The van der Waals surface area contributed by atoms with Crippen molar-refractivity contribution < 1.29 is 0 Å². The fourth-order valence-corrected chi connectivity index (χ4v) is 1.34. The van der Waals surface area contributed by atoms with Crippen molar-refractivity contribution in [1.29, 1.82) is 0 Å². The molecule has 0 aromatic rings. The number of nitrogens with two attached hydrogens (primary N) is 1. The number of hydrogen-bond donors (Lipinski definition) is 1. The lowest BCUT2D eigenvalue weighted by atomic mass is 10.3. The van der Waals surface area contributed by atoms with Crippen molar-refractivity contribution in [2.45, 2.75) is 52.1 Å². The van der Waals surface area contributed by atoms with Crippen molar-refractivity contribution in [2.24, 2.45) is 10.7 Å². The molecule has 76 valence electrons. The quantitative estimate of drug-likeness (QED) is 0.531. The molecule has 0 atom stereocenters. The Balaban J connectivity index is 2.50. The minimum absolute atomic E-state index is 0.461. The van der Waals surface area contributed by atoms with Gasteiger partial charge in [0.05, 0.1) is 6.04 Å². The van der Waals surface area contributed by atoms with Crippen LogP contribution in [0.5, 0.6) is 0 Å². The minimum Gasteiger partial charge on any atom is -0.370 e. The smallest absolute Gasteiger partial charge is 0.191 e. The summed E-state index contributed by atoms with van der Waals surface area (Å²) in [4.78, 5) is 6.63. The standard InChI is InChI=1S/C10H21N3/c1-4-7-13(8(2)3)10(11)12-9-5-6-9/h8-9H,4-7H2,1-3H3,(H2,11,12). The summed E-state index contributed by atoms with van der Waals surface area (Å²) >= 11 is 0. The molecule has 3 nitrogen and oxygen atoms in total. The Labute approximate surface area is 81.0 Å². The topological polar surface area (TPSA) is 41.6 Å². The van der Waals surface area contributed by atoms with Gasteiger partial charge in [-0.3, -0.25) is 0 Å². The van der Waals surface area contributed by atoms with Gasteiger partial charge < -0.3 is 10.6 Å². The molecule has 3 heteroatoms. The number of rotatable bonds is 4. The van der Waals surface area contributed by atoms with Crippen LogP contribution in [-0.2, 0) is 0 Å². The van der Waals surface area contributed by atoms with Gasteiger partial charge in [-0.25, -0.2) is 4.99 Å². The molecule has 0 saturated heterocycles. The first kappa shape index (κ1) is 10.4. The number of nitrogens with zero attached hydrogens (tertiary/aromatic N) is 2. The largest absolute Gasteiger partial charge is 0.370 e. The molecule has 1 aliphatic carbocycles. The SMILES string of the molecule is CCCN(C(N)=NC1CC1)C(C)C. The van der Waals surface area contributed by atoms with E-state index in [4.69, 9.17) is 5.73 Å². The van der Waals surface area contributed by atoms with Crippen LogP contribution < -0.4 is 5.73 Å². The Morgan fingerprint density at radius 2 is 2.15 bits per heavy atom. The van der Waals surface area contributed by atoms with E-state index in [1.54, 1.807) is 0 Å². The molecule has 0 radical (unpaired) electrons. The fraction of sp³-hybridized carbons (Fsp3) is 0.900. The van der Waals surface area contributed by atoms with Crippen LogP contribution in [0.2, 0.25) is 0 Å². The second-order valence-electron chi connectivity index (χ2n) is 4.01. The molecule has 0 unspecified atom stereocenters. The molecule has 1 fully saturated rings. The zero-order chi connectivity index (χ0) is 9.84. The normalized spacial score (nSPS) is 18.0. The van der Waals surface area contributed by atoms with Crippen LogP contribution in [0.25, 0.3) is 0 Å². The molecule has 0 amide bonds. The van der Waals surface area contributed by atoms with E-state index in [1.165, 1.54) is 12.8 Å². The van der Waals surface area contributed by atoms with E-state index in [9.17, 15) is 0 Å². The van der Waals surface area contributed by atoms with Gasteiger partial charge in [-0.15, -0.1) is 0 Å². The predicted molar refractivity (Wildman–Crippen MR) is 56.8 cm³/mol. The molecule has 0 spiro atoms. The van der Waals surface area contributed by atoms with Gasteiger partial charge in [0.25, 0.3) is 0 Å². The molecule has 2 N–H and O–H groups in total. The first-order chi connectivity index (χ1) is 6.15. The Bertz CT molecular complexity index is 183. The van der Waals surface area contributed by atoms with Gasteiger partial charge in [0, 0.05) is 12.6 Å². The maximum Gasteiger partial charge on any atom is 0.191 e. The fourth-order valence-electron chi connectivity index (χ4n) is 1.34. The second-order valence-corrected chi connectivity index (χ2v) is 4.01. The third-order valence-electron chi connectivity index (χ3n) is 2.24. The molecule has 0 bridgehead atoms. The third kappa shape index (κ3) is 3.25. The Hall–Kier alpha value is -0.730. The van der Waals surface area contributed by atoms with Crippen molar-refractivity contribution in [3.05, 3.63) is 0 Å². The van der Waals surface area contributed by atoms with E-state index < -0.39 is 0 Å². The van der Waals surface area contributed by atoms with Crippen molar-refractivity contribution in [2.75, 3.05) is 6.54 Å². The number of hydrogen-bond acceptors (Lipinski definition) is 1. The van der Waals surface area contributed by atoms with E-state index in [0.717, 1.165) is 18.9 Å². The molecule has 1 saturated carbocycles. The first-order valence-corrected chi connectivity index (χ1v) is 5.25. The van der Waals surface area contributed by atoms with Crippen molar-refractivity contribution >= 4 is 5.96 Å². The summed E-state index contributed by atoms with van der Waals surface area (Å²) in [5, 5.41) is 0. The van der Waals surface area contributed by atoms with Crippen LogP contribution in [0.4, 0.5) is 0 Å². The summed E-state index contributed by atoms with van der Waals surface area (Å²) in [7, 11) is 0. The van der Waals surface area contributed by atoms with Crippen LogP contribution in [-0.4, -0.2) is 29.5 Å². The number of guanidine groups is 1. The predicted octanol–water partition coefficient (Wildman–Crippen LogP) is 1.58. The van der Waals surface area contributed by atoms with Gasteiger partial charge in [0.2, 0.25) is 0 Å². The Morgan fingerprint density at radius 1 is 1.54 bits per heavy atom. The highest BCUT2D eigenvalue weighted by atomic mass is 15.3. The van der Waals surface area contributed by atoms with Gasteiger partial charge in [-0.05, 0) is 33.1 Å². The molecule has 1 aliphatic rings. The van der Waals surface area contributed by atoms with Crippen LogP contribution in [0.1, 0.15) is 40.0 Å². The van der Waals surface area contributed by atoms with Crippen LogP contribution in [0.15, 0.2) is 4.99 Å². The lowest BCUT2D eigenvalue weighted by Gasteiger charge is -2.27. The zero-order valence-electron chi connectivity index (χ0n) is 8.95. The summed E-state index contributed by atoms with van der Waals surface area (Å²) in [5.74, 6) is 0.736. The second kappa shape index (κ2) is 4.49. The molecule has 0 aromatic carbocycles. The molecule has 0 aromatic heterocycles. The lowest BCUT2D eigenvalue weighted by molar-refractivity contribution is 0.344. The lowest BCUT2D eigenvalue weighted by Crippen LogP contribution is -2.42. The molecule has 1 rings (SSSR count). The monoisotopic (exact) mass is 183 g/mol. The number of aliphatic imine (C=N–C) groups is 1. The van der Waals surface area contributed by atoms with Gasteiger partial charge in [-0.1, -0.05) is 6.92 Å². The molecular weight excluding hydrogens is 162 g/mol. The van der Waals surface area contributed by atoms with Gasteiger partial charge >= 0.3 is 0 Å². The molecule has 0 aliphatic heterocycles. The molecule has 0 heterocycles. The minimum atomic E-state index is 0.461. The average molecular weight is 183 g/mol. The van der Waals surface area contributed by atoms with Gasteiger partial charge in [-0.2, -0.15) is 0 Å². The highest BCUT2D eigenvalue weighted by molar-refractivity contribution is 5.78. The molecule has 13 heavy (non-hydrogen) atoms. The highest BCUT2D eigenvalue weighted by Gasteiger charge is 2.22. The van der Waals surface area contributed by atoms with Crippen LogP contribution in [0.3, 0.4) is 0 Å². The van der Waals surface area contributed by atoms with E-state index in [2.05, 4.69) is 30.7 Å². The summed E-state index contributed by atoms with van der Waals surface area (Å²) in [6.07, 6.45) is 3.57. The van der Waals surface area contributed by atoms with E-state index in [0.29, 0.717) is 12.1 Å². The van der Waals surface area contributed by atoms with Crippen molar-refractivity contribution in [3.8, 4) is 0 Å². The van der Waals surface area contributed by atoms with Crippen molar-refractivity contribution in [3.63, 3.8) is 0 Å². The Morgan fingerprint density at radius 3 is 2.54 bits per heavy atom. The van der Waals surface area contributed by atoms with E-state index >= 15 is 0 Å². The molecular formula is C10H21N3. The van der Waals surface area contributed by atoms with Crippen molar-refractivity contribution in [1.82, 2.24) is 4.90 Å². The summed E-state index contributed by atoms with van der Waals surface area (Å²) < 4.78 is 0. The van der Waals surface area contributed by atoms with Crippen LogP contribution in [0, 0.1) is 0 Å². The maximum atomic E-state index is 5.92. The van der Waals surface area contributed by atoms with E-state index in [-0.39, 0.29) is 0 Å². The van der Waals surface area contributed by atoms with Gasteiger partial charge in [0.1, 0.15) is 0 Å². The summed E-state index contributed by atoms with van der Waals surface area (Å²) in [6.45, 7) is 7.50. The first-order valence-electron chi connectivity index (χ1n) is 5.25. The highest BCUT2D eigenvalue weighted by Crippen LogP contribution is 2.23. The van der Waals surface area contributed by atoms with Crippen LogP contribution >= 0.6 is 0 Å². The van der Waals surface area contributed by atoms with Gasteiger partial charge in [0.15, 0.2) is 5.96 Å². The van der Waals surface area contributed by atoms with E-state index in [1.807, 2.05) is 0 Å². The third-order valence-corrected chi connectivity index (χ3v) is 2.24. The Kier molecular flexibility index (Phi) is 3.58. The zero-order valence-corrected chi connectivity index (χ0v) is 8.95. The summed E-state index contributed by atoms with van der Waals surface area (Å²) in [6, 6.07) is 0.987. The maximum absolute atomic E-state index is 5.92. The summed E-state index contributed by atoms with van der Waals surface area (Å²) in [5.41, 5.74) is 5.92. The average Bonchev–Trinajstić information content (AvgIpc) is 2.83.